The molecule has 0 bridgehead atoms. The van der Waals surface area contributed by atoms with Crippen molar-refractivity contribution in [3.63, 3.8) is 0 Å². The van der Waals surface area contributed by atoms with E-state index in [4.69, 9.17) is 4.74 Å². The van der Waals surface area contributed by atoms with E-state index in [9.17, 15) is 9.90 Å². The molecule has 0 unspecified atom stereocenters. The number of rotatable bonds is 5. The predicted molar refractivity (Wildman–Crippen MR) is 92.6 cm³/mol. The van der Waals surface area contributed by atoms with E-state index < -0.39 is 5.97 Å². The summed E-state index contributed by atoms with van der Waals surface area (Å²) in [6.07, 6.45) is 3.47. The Balaban J connectivity index is 1.96. The molecular weight excluding hydrogens is 380 g/mol. The third-order valence-electron chi connectivity index (χ3n) is 3.33. The molecule has 0 aliphatic carbocycles. The number of ether oxygens (including phenoxy) is 1. The maximum absolute atomic E-state index is 11.2. The standard InChI is InChI=1S/C16H13BrN2O3S/c1-22-8-11(15(20)21)6-13-9-23-16-18-14(7-19(13)16)10-2-4-12(17)5-3-10/h2-5,7-9H,6H2,1H3,(H,20,21)/b11-8-. The molecule has 118 valence electrons. The van der Waals surface area contributed by atoms with Crippen LogP contribution in [0.2, 0.25) is 0 Å². The quantitative estimate of drug-likeness (QED) is 0.526. The number of benzene rings is 1. The number of aliphatic carboxylic acids is 1. The van der Waals surface area contributed by atoms with Gasteiger partial charge < -0.3 is 9.84 Å². The van der Waals surface area contributed by atoms with Crippen LogP contribution in [0.25, 0.3) is 16.2 Å². The molecule has 0 saturated carbocycles. The van der Waals surface area contributed by atoms with E-state index in [2.05, 4.69) is 20.9 Å². The molecule has 0 atom stereocenters. The zero-order chi connectivity index (χ0) is 16.4. The van der Waals surface area contributed by atoms with E-state index in [1.54, 1.807) is 0 Å². The van der Waals surface area contributed by atoms with Crippen LogP contribution in [0.3, 0.4) is 0 Å². The number of aromatic nitrogens is 2. The summed E-state index contributed by atoms with van der Waals surface area (Å²) in [5.74, 6) is -0.987. The first-order chi connectivity index (χ1) is 11.1. The highest BCUT2D eigenvalue weighted by atomic mass is 79.9. The predicted octanol–water partition coefficient (Wildman–Crippen LogP) is 3.98. The summed E-state index contributed by atoms with van der Waals surface area (Å²) < 4.78 is 7.78. The summed E-state index contributed by atoms with van der Waals surface area (Å²) in [5, 5.41) is 11.1. The molecule has 0 radical (unpaired) electrons. The molecule has 0 spiro atoms. The second kappa shape index (κ2) is 6.55. The van der Waals surface area contributed by atoms with Gasteiger partial charge in [0.1, 0.15) is 0 Å². The normalized spacial score (nSPS) is 11.8. The third kappa shape index (κ3) is 3.30. The van der Waals surface area contributed by atoms with E-state index in [1.165, 1.54) is 24.7 Å². The van der Waals surface area contributed by atoms with Crippen molar-refractivity contribution in [2.45, 2.75) is 6.42 Å². The highest BCUT2D eigenvalue weighted by Crippen LogP contribution is 2.26. The number of methoxy groups -OCH3 is 1. The second-order valence-corrected chi connectivity index (χ2v) is 6.63. The molecule has 2 heterocycles. The number of carbonyl (C=O) groups is 1. The lowest BCUT2D eigenvalue weighted by Gasteiger charge is -2.01. The molecule has 23 heavy (non-hydrogen) atoms. The average molecular weight is 393 g/mol. The number of thiazole rings is 1. The van der Waals surface area contributed by atoms with Gasteiger partial charge in [0, 0.05) is 33.7 Å². The minimum Gasteiger partial charge on any atom is -0.504 e. The number of fused-ring (bicyclic) bond motifs is 1. The van der Waals surface area contributed by atoms with Crippen molar-refractivity contribution in [3.05, 3.63) is 57.8 Å². The van der Waals surface area contributed by atoms with Crippen molar-refractivity contribution in [1.82, 2.24) is 9.38 Å². The van der Waals surface area contributed by atoms with Gasteiger partial charge in [0.05, 0.1) is 24.6 Å². The van der Waals surface area contributed by atoms with Gasteiger partial charge in [-0.2, -0.15) is 0 Å². The molecule has 0 saturated heterocycles. The van der Waals surface area contributed by atoms with E-state index in [0.717, 1.165) is 26.4 Å². The monoisotopic (exact) mass is 392 g/mol. The Bertz CT molecular complexity index is 881. The average Bonchev–Trinajstić information content (AvgIpc) is 3.09. The number of imidazole rings is 1. The first kappa shape index (κ1) is 15.8. The lowest BCUT2D eigenvalue weighted by atomic mass is 10.1. The van der Waals surface area contributed by atoms with Gasteiger partial charge >= 0.3 is 5.97 Å². The Morgan fingerprint density at radius 1 is 1.43 bits per heavy atom. The van der Waals surface area contributed by atoms with Crippen LogP contribution in [0.4, 0.5) is 0 Å². The Morgan fingerprint density at radius 3 is 2.83 bits per heavy atom. The van der Waals surface area contributed by atoms with Crippen LogP contribution in [-0.4, -0.2) is 27.6 Å². The fraction of sp³-hybridized carbons (Fsp3) is 0.125. The van der Waals surface area contributed by atoms with Gasteiger partial charge in [-0.25, -0.2) is 9.78 Å². The SMILES string of the molecule is CO/C=C(/Cc1csc2nc(-c3ccc(Br)cc3)cn12)C(=O)O. The van der Waals surface area contributed by atoms with Gasteiger partial charge in [0.2, 0.25) is 0 Å². The first-order valence-corrected chi connectivity index (χ1v) is 8.42. The Morgan fingerprint density at radius 2 is 2.17 bits per heavy atom. The fourth-order valence-corrected chi connectivity index (χ4v) is 3.36. The molecule has 5 nitrogen and oxygen atoms in total. The molecular formula is C16H13BrN2O3S. The first-order valence-electron chi connectivity index (χ1n) is 6.75. The van der Waals surface area contributed by atoms with E-state index >= 15 is 0 Å². The molecule has 2 aromatic heterocycles. The molecule has 3 aromatic rings. The molecule has 0 amide bonds. The molecule has 3 rings (SSSR count). The lowest BCUT2D eigenvalue weighted by molar-refractivity contribution is -0.132. The minimum absolute atomic E-state index is 0.200. The number of hydrogen-bond donors (Lipinski definition) is 1. The molecule has 0 fully saturated rings. The summed E-state index contributed by atoms with van der Waals surface area (Å²) in [4.78, 5) is 16.7. The smallest absolute Gasteiger partial charge is 0.335 e. The van der Waals surface area contributed by atoms with Gasteiger partial charge in [-0.15, -0.1) is 11.3 Å². The van der Waals surface area contributed by atoms with Gasteiger partial charge in [-0.1, -0.05) is 28.1 Å². The molecule has 0 aliphatic heterocycles. The molecule has 1 N–H and O–H groups in total. The van der Waals surface area contributed by atoms with E-state index in [-0.39, 0.29) is 12.0 Å². The molecule has 0 aliphatic rings. The number of hydrogen-bond acceptors (Lipinski definition) is 4. The second-order valence-electron chi connectivity index (χ2n) is 4.87. The Hall–Kier alpha value is -2.12. The van der Waals surface area contributed by atoms with Gasteiger partial charge in [-0.3, -0.25) is 4.40 Å². The van der Waals surface area contributed by atoms with Gasteiger partial charge in [0.25, 0.3) is 0 Å². The third-order valence-corrected chi connectivity index (χ3v) is 4.75. The van der Waals surface area contributed by atoms with Crippen LogP contribution in [0.1, 0.15) is 5.69 Å². The zero-order valence-electron chi connectivity index (χ0n) is 12.2. The Labute approximate surface area is 145 Å². The molecule has 1 aromatic carbocycles. The number of nitrogens with zero attached hydrogens (tertiary/aromatic N) is 2. The van der Waals surface area contributed by atoms with Crippen LogP contribution in [-0.2, 0) is 16.0 Å². The van der Waals surface area contributed by atoms with Crippen LogP contribution >= 0.6 is 27.3 Å². The minimum atomic E-state index is -0.987. The largest absolute Gasteiger partial charge is 0.504 e. The van der Waals surface area contributed by atoms with Crippen LogP contribution in [0.15, 0.2) is 52.2 Å². The van der Waals surface area contributed by atoms with Gasteiger partial charge in [0.15, 0.2) is 4.96 Å². The van der Waals surface area contributed by atoms with Crippen molar-refractivity contribution < 1.29 is 14.6 Å². The summed E-state index contributed by atoms with van der Waals surface area (Å²) in [6, 6.07) is 7.91. The van der Waals surface area contributed by atoms with Crippen LogP contribution in [0.5, 0.6) is 0 Å². The van der Waals surface area contributed by atoms with E-state index in [1.807, 2.05) is 40.2 Å². The topological polar surface area (TPSA) is 63.8 Å². The highest BCUT2D eigenvalue weighted by molar-refractivity contribution is 9.10. The van der Waals surface area contributed by atoms with Crippen molar-refractivity contribution in [2.24, 2.45) is 0 Å². The van der Waals surface area contributed by atoms with Crippen molar-refractivity contribution in [2.75, 3.05) is 7.11 Å². The van der Waals surface area contributed by atoms with Crippen LogP contribution in [0, 0.1) is 0 Å². The van der Waals surface area contributed by atoms with Gasteiger partial charge in [-0.05, 0) is 12.1 Å². The summed E-state index contributed by atoms with van der Waals surface area (Å²) in [6.45, 7) is 0. The summed E-state index contributed by atoms with van der Waals surface area (Å²) >= 11 is 4.90. The van der Waals surface area contributed by atoms with Crippen LogP contribution < -0.4 is 0 Å². The summed E-state index contributed by atoms with van der Waals surface area (Å²) in [7, 11) is 1.44. The van der Waals surface area contributed by atoms with E-state index in [0.29, 0.717) is 0 Å². The Kier molecular flexibility index (Phi) is 4.49. The molecule has 7 heteroatoms. The summed E-state index contributed by atoms with van der Waals surface area (Å²) in [5.41, 5.74) is 2.94. The highest BCUT2D eigenvalue weighted by Gasteiger charge is 2.14. The number of halogens is 1. The van der Waals surface area contributed by atoms with Crippen molar-refractivity contribution in [1.29, 1.82) is 0 Å². The number of carboxylic acid groups (broad SMARTS) is 1. The maximum atomic E-state index is 11.2. The van der Waals surface area contributed by atoms with Crippen molar-refractivity contribution in [3.8, 4) is 11.3 Å². The lowest BCUT2D eigenvalue weighted by Crippen LogP contribution is -2.05. The maximum Gasteiger partial charge on any atom is 0.335 e. The fourth-order valence-electron chi connectivity index (χ4n) is 2.22. The zero-order valence-corrected chi connectivity index (χ0v) is 14.6. The van der Waals surface area contributed by atoms with Crippen molar-refractivity contribution >= 4 is 38.2 Å². The number of carboxylic acids is 1.